The van der Waals surface area contributed by atoms with Crippen molar-refractivity contribution in [1.29, 1.82) is 0 Å². The van der Waals surface area contributed by atoms with Crippen LogP contribution >= 0.6 is 15.9 Å². The van der Waals surface area contributed by atoms with Crippen molar-refractivity contribution in [3.63, 3.8) is 0 Å². The molecule has 0 aliphatic carbocycles. The minimum absolute atomic E-state index is 0.0637. The maximum atomic E-state index is 12.8. The molecule has 0 unspecified atom stereocenters. The van der Waals surface area contributed by atoms with E-state index >= 15 is 0 Å². The van der Waals surface area contributed by atoms with E-state index in [-0.39, 0.29) is 5.91 Å². The number of benzene rings is 1. The largest absolute Gasteiger partial charge is 0.317 e. The summed E-state index contributed by atoms with van der Waals surface area (Å²) >= 11 is 3.48. The van der Waals surface area contributed by atoms with Crippen LogP contribution in [-0.4, -0.2) is 40.5 Å². The van der Waals surface area contributed by atoms with Gasteiger partial charge in [-0.3, -0.25) is 4.79 Å². The minimum atomic E-state index is -0.0637. The molecule has 120 valence electrons. The number of carbonyl (C=O) groups excluding carboxylic acids is 1. The van der Waals surface area contributed by atoms with Crippen LogP contribution in [0.15, 0.2) is 28.9 Å². The molecule has 0 spiro atoms. The summed E-state index contributed by atoms with van der Waals surface area (Å²) in [4.78, 5) is 14.6. The number of fused-ring (bicyclic) bond motifs is 1. The molecule has 0 atom stereocenters. The fraction of sp³-hybridized carbons (Fsp3) is 0.438. The molecule has 1 fully saturated rings. The highest BCUT2D eigenvalue weighted by Crippen LogP contribution is 2.31. The van der Waals surface area contributed by atoms with E-state index in [4.69, 9.17) is 0 Å². The topological polar surface area (TPSA) is 63.1 Å². The summed E-state index contributed by atoms with van der Waals surface area (Å²) in [6.45, 7) is 2.68. The number of aromatic nitrogens is 3. The molecule has 4 rings (SSSR count). The summed E-state index contributed by atoms with van der Waals surface area (Å²) in [5.74, 6) is -0.0637. The van der Waals surface area contributed by atoms with Crippen LogP contribution in [0.25, 0.3) is 0 Å². The van der Waals surface area contributed by atoms with Gasteiger partial charge < -0.3 is 10.2 Å². The molecule has 6 nitrogen and oxygen atoms in total. The van der Waals surface area contributed by atoms with Crippen LogP contribution in [-0.2, 0) is 6.42 Å². The number of amides is 1. The van der Waals surface area contributed by atoms with Gasteiger partial charge in [-0.2, -0.15) is 0 Å². The van der Waals surface area contributed by atoms with Crippen molar-refractivity contribution in [2.24, 2.45) is 0 Å². The number of hydrogen-bond donors (Lipinski definition) is 1. The van der Waals surface area contributed by atoms with Gasteiger partial charge in [-0.1, -0.05) is 21.1 Å². The minimum Gasteiger partial charge on any atom is -0.317 e. The summed E-state index contributed by atoms with van der Waals surface area (Å²) in [7, 11) is 0. The van der Waals surface area contributed by atoms with Crippen LogP contribution in [0.2, 0.25) is 0 Å². The third kappa shape index (κ3) is 2.79. The van der Waals surface area contributed by atoms with Gasteiger partial charge in [0.1, 0.15) is 0 Å². The molecule has 23 heavy (non-hydrogen) atoms. The number of carbonyl (C=O) groups is 1. The van der Waals surface area contributed by atoms with Crippen molar-refractivity contribution in [3.8, 4) is 0 Å². The molecule has 3 heterocycles. The SMILES string of the molecule is O=C(c1cn(C2CCNCC2)nn1)N1CCc2cc(Br)ccc21. The Morgan fingerprint density at radius 1 is 1.30 bits per heavy atom. The predicted octanol–water partition coefficient (Wildman–Crippen LogP) is 2.17. The monoisotopic (exact) mass is 375 g/mol. The lowest BCUT2D eigenvalue weighted by Crippen LogP contribution is -2.30. The van der Waals surface area contributed by atoms with Gasteiger partial charge in [-0.15, -0.1) is 5.10 Å². The van der Waals surface area contributed by atoms with Crippen LogP contribution in [0, 0.1) is 0 Å². The Kier molecular flexibility index (Phi) is 3.90. The number of halogens is 1. The number of anilines is 1. The highest BCUT2D eigenvalue weighted by molar-refractivity contribution is 9.10. The molecule has 0 bridgehead atoms. The van der Waals surface area contributed by atoms with Crippen LogP contribution < -0.4 is 10.2 Å². The maximum Gasteiger partial charge on any atom is 0.280 e. The molecule has 0 radical (unpaired) electrons. The first kappa shape index (κ1) is 14.8. The second-order valence-electron chi connectivity index (χ2n) is 6.04. The number of nitrogens with zero attached hydrogens (tertiary/aromatic N) is 4. The third-order valence-electron chi connectivity index (χ3n) is 4.59. The first-order chi connectivity index (χ1) is 11.2. The Morgan fingerprint density at radius 3 is 2.96 bits per heavy atom. The lowest BCUT2D eigenvalue weighted by atomic mass is 10.1. The Bertz CT molecular complexity index is 738. The molecule has 1 aromatic carbocycles. The van der Waals surface area contributed by atoms with E-state index in [1.165, 1.54) is 5.56 Å². The molecule has 1 saturated heterocycles. The van der Waals surface area contributed by atoms with Crippen molar-refractivity contribution in [3.05, 3.63) is 40.1 Å². The smallest absolute Gasteiger partial charge is 0.280 e. The molecule has 0 saturated carbocycles. The van der Waals surface area contributed by atoms with Crippen LogP contribution in [0.3, 0.4) is 0 Å². The lowest BCUT2D eigenvalue weighted by Gasteiger charge is -2.22. The highest BCUT2D eigenvalue weighted by atomic mass is 79.9. The third-order valence-corrected chi connectivity index (χ3v) is 5.09. The fourth-order valence-corrected chi connectivity index (χ4v) is 3.75. The Labute approximate surface area is 143 Å². The zero-order valence-corrected chi connectivity index (χ0v) is 14.3. The summed E-state index contributed by atoms with van der Waals surface area (Å²) in [5.41, 5.74) is 2.60. The van der Waals surface area contributed by atoms with Crippen LogP contribution in [0.1, 0.15) is 34.9 Å². The van der Waals surface area contributed by atoms with Gasteiger partial charge in [0.2, 0.25) is 0 Å². The first-order valence-corrected chi connectivity index (χ1v) is 8.74. The lowest BCUT2D eigenvalue weighted by molar-refractivity contribution is 0.0984. The summed E-state index contributed by atoms with van der Waals surface area (Å²) < 4.78 is 2.90. The van der Waals surface area contributed by atoms with E-state index in [1.807, 2.05) is 16.8 Å². The van der Waals surface area contributed by atoms with Gasteiger partial charge in [0.15, 0.2) is 5.69 Å². The zero-order valence-electron chi connectivity index (χ0n) is 12.7. The molecule has 2 aliphatic rings. The van der Waals surface area contributed by atoms with Gasteiger partial charge >= 0.3 is 0 Å². The Hall–Kier alpha value is -1.73. The number of hydrogen-bond acceptors (Lipinski definition) is 4. The molecule has 1 N–H and O–H groups in total. The zero-order chi connectivity index (χ0) is 15.8. The summed E-state index contributed by atoms with van der Waals surface area (Å²) in [6, 6.07) is 6.37. The van der Waals surface area contributed by atoms with Gasteiger partial charge in [-0.25, -0.2) is 4.68 Å². The predicted molar refractivity (Wildman–Crippen MR) is 90.7 cm³/mol. The van der Waals surface area contributed by atoms with Gasteiger partial charge in [0.05, 0.1) is 12.2 Å². The van der Waals surface area contributed by atoms with E-state index in [9.17, 15) is 4.79 Å². The average molecular weight is 376 g/mol. The van der Waals surface area contributed by atoms with Crippen LogP contribution in [0.5, 0.6) is 0 Å². The molecular formula is C16H18BrN5O. The summed E-state index contributed by atoms with van der Waals surface area (Å²) in [6.07, 6.45) is 4.73. The maximum absolute atomic E-state index is 12.8. The van der Waals surface area contributed by atoms with Gasteiger partial charge in [0.25, 0.3) is 5.91 Å². The van der Waals surface area contributed by atoms with E-state index < -0.39 is 0 Å². The standard InChI is InChI=1S/C16H18BrN5O/c17-12-1-2-15-11(9-12)5-8-21(15)16(23)14-10-22(20-19-14)13-3-6-18-7-4-13/h1-2,9-10,13,18H,3-8H2. The fourth-order valence-electron chi connectivity index (χ4n) is 3.34. The van der Waals surface area contributed by atoms with Crippen molar-refractivity contribution in [2.45, 2.75) is 25.3 Å². The molecular weight excluding hydrogens is 358 g/mol. The summed E-state index contributed by atoms with van der Waals surface area (Å²) in [5, 5.41) is 11.6. The quantitative estimate of drug-likeness (QED) is 0.873. The van der Waals surface area contributed by atoms with E-state index in [0.717, 1.165) is 42.5 Å². The second kappa shape index (κ2) is 6.05. The van der Waals surface area contributed by atoms with Crippen molar-refractivity contribution < 1.29 is 4.79 Å². The number of rotatable bonds is 2. The average Bonchev–Trinajstić information content (AvgIpc) is 3.22. The highest BCUT2D eigenvalue weighted by Gasteiger charge is 2.28. The van der Waals surface area contributed by atoms with Crippen molar-refractivity contribution in [1.82, 2.24) is 20.3 Å². The van der Waals surface area contributed by atoms with E-state index in [2.05, 4.69) is 37.6 Å². The molecule has 1 amide bonds. The van der Waals surface area contributed by atoms with E-state index in [1.54, 1.807) is 11.1 Å². The van der Waals surface area contributed by atoms with E-state index in [0.29, 0.717) is 18.3 Å². The normalized spacial score (nSPS) is 18.2. The molecule has 2 aliphatic heterocycles. The Balaban J connectivity index is 1.55. The van der Waals surface area contributed by atoms with Gasteiger partial charge in [-0.05, 0) is 56.1 Å². The second-order valence-corrected chi connectivity index (χ2v) is 6.96. The first-order valence-electron chi connectivity index (χ1n) is 7.95. The molecule has 2 aromatic rings. The van der Waals surface area contributed by atoms with Crippen molar-refractivity contribution in [2.75, 3.05) is 24.5 Å². The van der Waals surface area contributed by atoms with Crippen LogP contribution in [0.4, 0.5) is 5.69 Å². The molecule has 7 heteroatoms. The van der Waals surface area contributed by atoms with Crippen molar-refractivity contribution >= 4 is 27.5 Å². The van der Waals surface area contributed by atoms with Gasteiger partial charge in [0, 0.05) is 16.7 Å². The Morgan fingerprint density at radius 2 is 2.13 bits per heavy atom. The number of nitrogens with one attached hydrogen (secondary N) is 1. The molecule has 1 aromatic heterocycles. The number of piperidine rings is 1.